The van der Waals surface area contributed by atoms with Crippen molar-refractivity contribution >= 4 is 10.9 Å². The van der Waals surface area contributed by atoms with E-state index in [2.05, 4.69) is 4.98 Å². The first-order valence-corrected chi connectivity index (χ1v) is 4.79. The van der Waals surface area contributed by atoms with Crippen molar-refractivity contribution in [3.05, 3.63) is 30.5 Å². The number of fused-ring (bicyclic) bond motifs is 1. The molecule has 2 rings (SSSR count). The smallest absolute Gasteiger partial charge is 0.128 e. The quantitative estimate of drug-likeness (QED) is 0.697. The van der Waals surface area contributed by atoms with E-state index >= 15 is 0 Å². The summed E-state index contributed by atoms with van der Waals surface area (Å²) in [4.78, 5) is 3.07. The first kappa shape index (κ1) is 10.0. The predicted molar refractivity (Wildman–Crippen MR) is 56.9 cm³/mol. The number of hydrogen-bond donors (Lipinski definition) is 3. The van der Waals surface area contributed by atoms with Gasteiger partial charge in [0.25, 0.3) is 0 Å². The Morgan fingerprint density at radius 1 is 1.33 bits per heavy atom. The summed E-state index contributed by atoms with van der Waals surface area (Å²) in [6, 6.07) is 7.57. The van der Waals surface area contributed by atoms with Gasteiger partial charge < -0.3 is 19.9 Å². The number of aromatic amines is 1. The van der Waals surface area contributed by atoms with E-state index in [1.165, 1.54) is 0 Å². The van der Waals surface area contributed by atoms with Crippen LogP contribution in [-0.2, 0) is 0 Å². The predicted octanol–water partition coefficient (Wildman–Crippen LogP) is 0.900. The zero-order chi connectivity index (χ0) is 10.7. The Morgan fingerprint density at radius 3 is 3.00 bits per heavy atom. The molecule has 4 heteroatoms. The van der Waals surface area contributed by atoms with Gasteiger partial charge in [-0.2, -0.15) is 0 Å². The molecule has 1 aromatic carbocycles. The second-order valence-electron chi connectivity index (χ2n) is 3.34. The molecule has 0 fully saturated rings. The lowest BCUT2D eigenvalue weighted by Gasteiger charge is -2.10. The lowest BCUT2D eigenvalue weighted by molar-refractivity contribution is 0.0541. The van der Waals surface area contributed by atoms with Crippen LogP contribution in [0.4, 0.5) is 0 Å². The average molecular weight is 207 g/mol. The number of aromatic nitrogens is 1. The van der Waals surface area contributed by atoms with Crippen LogP contribution in [0.25, 0.3) is 10.9 Å². The normalized spacial score (nSPS) is 12.9. The molecule has 1 heterocycles. The summed E-state index contributed by atoms with van der Waals surface area (Å²) in [5.74, 6) is 0.709. The summed E-state index contributed by atoms with van der Waals surface area (Å²) in [5.41, 5.74) is 0.992. The third kappa shape index (κ3) is 2.11. The highest BCUT2D eigenvalue weighted by molar-refractivity contribution is 5.85. The van der Waals surface area contributed by atoms with E-state index in [-0.39, 0.29) is 13.2 Å². The van der Waals surface area contributed by atoms with Crippen LogP contribution in [0.1, 0.15) is 0 Å². The molecule has 2 aromatic rings. The number of hydrogen-bond acceptors (Lipinski definition) is 3. The van der Waals surface area contributed by atoms with Crippen LogP contribution in [0.15, 0.2) is 30.5 Å². The summed E-state index contributed by atoms with van der Waals surface area (Å²) in [6.07, 6.45) is 0.999. The molecule has 0 radical (unpaired) electrons. The zero-order valence-corrected chi connectivity index (χ0v) is 8.18. The summed E-state index contributed by atoms with van der Waals surface area (Å²) >= 11 is 0. The Kier molecular flexibility index (Phi) is 2.89. The molecule has 1 unspecified atom stereocenters. The van der Waals surface area contributed by atoms with Crippen LogP contribution in [0.2, 0.25) is 0 Å². The summed E-state index contributed by atoms with van der Waals surface area (Å²) in [6.45, 7) is -0.191. The lowest BCUT2D eigenvalue weighted by atomic mass is 10.2. The topological polar surface area (TPSA) is 65.5 Å². The number of aliphatic hydroxyl groups is 2. The van der Waals surface area contributed by atoms with E-state index in [1.807, 2.05) is 30.5 Å². The molecule has 1 atom stereocenters. The van der Waals surface area contributed by atoms with Gasteiger partial charge >= 0.3 is 0 Å². The van der Waals surface area contributed by atoms with Crippen molar-refractivity contribution in [1.82, 2.24) is 4.98 Å². The van der Waals surface area contributed by atoms with Gasteiger partial charge in [0.2, 0.25) is 0 Å². The third-order valence-electron chi connectivity index (χ3n) is 2.20. The molecule has 1 aromatic heterocycles. The maximum atomic E-state index is 9.16. The SMILES string of the molecule is OCC(O)COc1cccc2[nH]ccc12. The number of nitrogens with one attached hydrogen (secondary N) is 1. The molecule has 4 nitrogen and oxygen atoms in total. The highest BCUT2D eigenvalue weighted by atomic mass is 16.5. The highest BCUT2D eigenvalue weighted by Gasteiger charge is 2.06. The first-order valence-electron chi connectivity index (χ1n) is 4.79. The number of aliphatic hydroxyl groups excluding tert-OH is 2. The fourth-order valence-corrected chi connectivity index (χ4v) is 1.42. The number of benzene rings is 1. The first-order chi connectivity index (χ1) is 7.31. The maximum absolute atomic E-state index is 9.16. The van der Waals surface area contributed by atoms with Crippen molar-refractivity contribution < 1.29 is 14.9 Å². The zero-order valence-electron chi connectivity index (χ0n) is 8.18. The van der Waals surface area contributed by atoms with E-state index in [0.29, 0.717) is 5.75 Å². The van der Waals surface area contributed by atoms with E-state index in [9.17, 15) is 0 Å². The molecule has 0 aliphatic rings. The Hall–Kier alpha value is -1.52. The molecular formula is C11H13NO3. The van der Waals surface area contributed by atoms with Crippen LogP contribution in [0.5, 0.6) is 5.75 Å². The molecule has 0 aliphatic heterocycles. The van der Waals surface area contributed by atoms with Crippen molar-refractivity contribution in [3.63, 3.8) is 0 Å². The lowest BCUT2D eigenvalue weighted by Crippen LogP contribution is -2.21. The molecular weight excluding hydrogens is 194 g/mol. The molecule has 3 N–H and O–H groups in total. The van der Waals surface area contributed by atoms with Gasteiger partial charge in [-0.3, -0.25) is 0 Å². The average Bonchev–Trinajstić information content (AvgIpc) is 2.74. The minimum Gasteiger partial charge on any atom is -0.490 e. The van der Waals surface area contributed by atoms with Crippen molar-refractivity contribution in [1.29, 1.82) is 0 Å². The largest absolute Gasteiger partial charge is 0.490 e. The summed E-state index contributed by atoms with van der Waals surface area (Å²) in [5, 5.41) is 18.8. The molecule has 0 amide bonds. The molecule has 0 saturated carbocycles. The van der Waals surface area contributed by atoms with Gasteiger partial charge in [-0.15, -0.1) is 0 Å². The van der Waals surface area contributed by atoms with E-state index < -0.39 is 6.10 Å². The second-order valence-corrected chi connectivity index (χ2v) is 3.34. The van der Waals surface area contributed by atoms with Crippen molar-refractivity contribution in [2.75, 3.05) is 13.2 Å². The van der Waals surface area contributed by atoms with E-state index in [1.54, 1.807) is 0 Å². The van der Waals surface area contributed by atoms with Crippen LogP contribution < -0.4 is 4.74 Å². The third-order valence-corrected chi connectivity index (χ3v) is 2.20. The Balaban J connectivity index is 2.17. The number of rotatable bonds is 4. The Labute approximate surface area is 87.1 Å². The van der Waals surface area contributed by atoms with E-state index in [0.717, 1.165) is 10.9 Å². The Morgan fingerprint density at radius 2 is 2.20 bits per heavy atom. The number of ether oxygens (including phenoxy) is 1. The fraction of sp³-hybridized carbons (Fsp3) is 0.273. The van der Waals surface area contributed by atoms with Crippen LogP contribution >= 0.6 is 0 Å². The van der Waals surface area contributed by atoms with Gasteiger partial charge in [-0.25, -0.2) is 0 Å². The van der Waals surface area contributed by atoms with Crippen LogP contribution in [0.3, 0.4) is 0 Å². The Bertz CT molecular complexity index is 438. The van der Waals surface area contributed by atoms with Gasteiger partial charge in [0, 0.05) is 17.1 Å². The molecule has 0 saturated heterocycles. The van der Waals surface area contributed by atoms with Crippen molar-refractivity contribution in [3.8, 4) is 5.75 Å². The minimum absolute atomic E-state index is 0.0980. The van der Waals surface area contributed by atoms with Gasteiger partial charge in [-0.05, 0) is 18.2 Å². The molecule has 0 aliphatic carbocycles. The van der Waals surface area contributed by atoms with Crippen LogP contribution in [-0.4, -0.2) is 34.5 Å². The minimum atomic E-state index is -0.834. The van der Waals surface area contributed by atoms with Gasteiger partial charge in [-0.1, -0.05) is 6.07 Å². The highest BCUT2D eigenvalue weighted by Crippen LogP contribution is 2.24. The van der Waals surface area contributed by atoms with Gasteiger partial charge in [0.05, 0.1) is 6.61 Å². The summed E-state index contributed by atoms with van der Waals surface area (Å²) in [7, 11) is 0. The number of H-pyrrole nitrogens is 1. The van der Waals surface area contributed by atoms with Crippen molar-refractivity contribution in [2.45, 2.75) is 6.10 Å². The van der Waals surface area contributed by atoms with Crippen molar-refractivity contribution in [2.24, 2.45) is 0 Å². The maximum Gasteiger partial charge on any atom is 0.128 e. The van der Waals surface area contributed by atoms with Gasteiger partial charge in [0.15, 0.2) is 0 Å². The molecule has 15 heavy (non-hydrogen) atoms. The molecule has 80 valence electrons. The fourth-order valence-electron chi connectivity index (χ4n) is 1.42. The van der Waals surface area contributed by atoms with E-state index in [4.69, 9.17) is 14.9 Å². The second kappa shape index (κ2) is 4.33. The molecule has 0 spiro atoms. The van der Waals surface area contributed by atoms with Crippen LogP contribution in [0, 0.1) is 0 Å². The summed E-state index contributed by atoms with van der Waals surface area (Å²) < 4.78 is 5.40. The monoisotopic (exact) mass is 207 g/mol. The standard InChI is InChI=1S/C11H13NO3/c13-6-8(14)7-15-11-3-1-2-10-9(11)4-5-12-10/h1-5,8,12-14H,6-7H2. The van der Waals surface area contributed by atoms with Gasteiger partial charge in [0.1, 0.15) is 18.5 Å². The molecule has 0 bridgehead atoms.